The van der Waals surface area contributed by atoms with E-state index in [1.54, 1.807) is 0 Å². The summed E-state index contributed by atoms with van der Waals surface area (Å²) < 4.78 is 26.8. The van der Waals surface area contributed by atoms with Crippen LogP contribution in [-0.2, 0) is 0 Å². The molecule has 0 radical (unpaired) electrons. The van der Waals surface area contributed by atoms with Gasteiger partial charge in [-0.2, -0.15) is 5.10 Å². The average molecular weight is 380 g/mol. The highest BCUT2D eigenvalue weighted by atomic mass is 35.5. The second kappa shape index (κ2) is 7.08. The van der Waals surface area contributed by atoms with Crippen molar-refractivity contribution in [3.63, 3.8) is 0 Å². The van der Waals surface area contributed by atoms with Crippen molar-refractivity contribution >= 4 is 52.6 Å². The monoisotopic (exact) mass is 378 g/mol. The second-order valence-corrected chi connectivity index (χ2v) is 5.24. The lowest BCUT2D eigenvalue weighted by Crippen LogP contribution is -2.20. The Balaban J connectivity index is 2.22. The first-order valence-electron chi connectivity index (χ1n) is 5.90. The molecule has 10 heteroatoms. The maximum Gasteiger partial charge on any atom is 0.291 e. The van der Waals surface area contributed by atoms with Crippen LogP contribution in [0.15, 0.2) is 23.3 Å². The van der Waals surface area contributed by atoms with Crippen LogP contribution in [0.4, 0.5) is 14.5 Å². The van der Waals surface area contributed by atoms with Crippen molar-refractivity contribution in [2.24, 2.45) is 5.10 Å². The third kappa shape index (κ3) is 3.69. The lowest BCUT2D eigenvalue weighted by Gasteiger charge is -2.07. The van der Waals surface area contributed by atoms with E-state index in [4.69, 9.17) is 40.5 Å². The normalized spacial score (nSPS) is 11.0. The summed E-state index contributed by atoms with van der Waals surface area (Å²) in [6.45, 7) is 0. The van der Waals surface area contributed by atoms with E-state index in [0.717, 1.165) is 18.3 Å². The molecule has 2 aromatic rings. The van der Waals surface area contributed by atoms with Gasteiger partial charge in [0.05, 0.1) is 22.5 Å². The molecule has 1 amide bonds. The quantitative estimate of drug-likeness (QED) is 0.485. The van der Waals surface area contributed by atoms with Crippen molar-refractivity contribution in [3.8, 4) is 0 Å². The Morgan fingerprint density at radius 3 is 2.43 bits per heavy atom. The number of anilines is 1. The number of halogens is 5. The van der Waals surface area contributed by atoms with Gasteiger partial charge in [-0.3, -0.25) is 4.79 Å². The molecule has 120 valence electrons. The molecule has 0 bridgehead atoms. The summed E-state index contributed by atoms with van der Waals surface area (Å²) >= 11 is 17.3. The second-order valence-electron chi connectivity index (χ2n) is 4.13. The van der Waals surface area contributed by atoms with E-state index in [0.29, 0.717) is 0 Å². The minimum absolute atomic E-state index is 0.0925. The van der Waals surface area contributed by atoms with Crippen molar-refractivity contribution in [3.05, 3.63) is 56.3 Å². The summed E-state index contributed by atoms with van der Waals surface area (Å²) in [7, 11) is 0. The zero-order valence-corrected chi connectivity index (χ0v) is 13.3. The molecular formula is C13H7Cl3F2N4O. The first kappa shape index (κ1) is 17.4. The predicted octanol–water partition coefficient (Wildman–Crippen LogP) is 3.67. The third-order valence-electron chi connectivity index (χ3n) is 2.65. The van der Waals surface area contributed by atoms with E-state index < -0.39 is 23.1 Å². The van der Waals surface area contributed by atoms with Crippen LogP contribution in [-0.4, -0.2) is 17.1 Å². The van der Waals surface area contributed by atoms with Crippen LogP contribution >= 0.6 is 34.8 Å². The lowest BCUT2D eigenvalue weighted by atomic mass is 10.2. The van der Waals surface area contributed by atoms with Gasteiger partial charge in [-0.05, 0) is 12.1 Å². The molecule has 0 saturated carbocycles. The van der Waals surface area contributed by atoms with Gasteiger partial charge in [0.15, 0.2) is 10.8 Å². The Hall–Kier alpha value is -1.96. The van der Waals surface area contributed by atoms with Gasteiger partial charge in [0.25, 0.3) is 5.91 Å². The van der Waals surface area contributed by atoms with Gasteiger partial charge in [0.1, 0.15) is 16.7 Å². The van der Waals surface area contributed by atoms with Crippen molar-refractivity contribution in [1.82, 2.24) is 10.4 Å². The molecule has 2 rings (SSSR count). The number of nitrogens with zero attached hydrogens (tertiary/aromatic N) is 2. The van der Waals surface area contributed by atoms with Crippen molar-refractivity contribution in [2.75, 3.05) is 5.73 Å². The number of hydrogen-bond donors (Lipinski definition) is 2. The number of carbonyl (C=O) groups excluding carboxylic acids is 1. The van der Waals surface area contributed by atoms with Gasteiger partial charge in [0, 0.05) is 0 Å². The zero-order valence-electron chi connectivity index (χ0n) is 11.1. The molecule has 0 aliphatic heterocycles. The molecule has 0 fully saturated rings. The first-order chi connectivity index (χ1) is 10.8. The van der Waals surface area contributed by atoms with Crippen LogP contribution in [0.2, 0.25) is 15.2 Å². The molecule has 0 aliphatic carbocycles. The summed E-state index contributed by atoms with van der Waals surface area (Å²) in [6, 6.07) is 3.29. The van der Waals surface area contributed by atoms with Gasteiger partial charge in [-0.1, -0.05) is 40.9 Å². The van der Waals surface area contributed by atoms with Crippen molar-refractivity contribution in [1.29, 1.82) is 0 Å². The number of benzene rings is 1. The number of pyridine rings is 1. The Bertz CT molecular complexity index is 794. The Labute approximate surface area is 144 Å². The van der Waals surface area contributed by atoms with Gasteiger partial charge >= 0.3 is 0 Å². The van der Waals surface area contributed by atoms with E-state index in [9.17, 15) is 13.6 Å². The standard InChI is InChI=1S/C13H7Cl3F2N4O/c14-8-10(19)9(15)12(16)21-11(8)13(23)22-20-4-5-6(17)2-1-3-7(5)18/h1-4H,(H2,19,21)(H,22,23)/b20-4+. The molecule has 1 aromatic carbocycles. The molecular weight excluding hydrogens is 373 g/mol. The summed E-state index contributed by atoms with van der Waals surface area (Å²) in [4.78, 5) is 15.6. The fraction of sp³-hybridized carbons (Fsp3) is 0. The van der Waals surface area contributed by atoms with E-state index in [-0.39, 0.29) is 26.6 Å². The SMILES string of the molecule is Nc1c(Cl)c(Cl)nc(C(=O)N/N=C/c2c(F)cccc2F)c1Cl. The van der Waals surface area contributed by atoms with Crippen LogP contribution in [0.1, 0.15) is 16.1 Å². The summed E-state index contributed by atoms with van der Waals surface area (Å²) in [5, 5.41) is 2.91. The van der Waals surface area contributed by atoms with Crippen LogP contribution in [0, 0.1) is 11.6 Å². The Kier molecular flexibility index (Phi) is 5.35. The number of hydrazone groups is 1. The number of aromatic nitrogens is 1. The molecule has 0 aliphatic rings. The average Bonchev–Trinajstić information content (AvgIpc) is 2.51. The predicted molar refractivity (Wildman–Crippen MR) is 85.1 cm³/mol. The van der Waals surface area contributed by atoms with Gasteiger partial charge in [-0.25, -0.2) is 19.2 Å². The fourth-order valence-corrected chi connectivity index (χ4v) is 2.12. The molecule has 0 saturated heterocycles. The third-order valence-corrected chi connectivity index (χ3v) is 3.78. The number of amides is 1. The molecule has 1 heterocycles. The summed E-state index contributed by atoms with van der Waals surface area (Å²) in [6.07, 6.45) is 0.803. The topological polar surface area (TPSA) is 80.4 Å². The molecule has 0 spiro atoms. The van der Waals surface area contributed by atoms with Gasteiger partial charge in [0.2, 0.25) is 0 Å². The summed E-state index contributed by atoms with van der Waals surface area (Å²) in [5.41, 5.74) is 6.72. The molecule has 23 heavy (non-hydrogen) atoms. The number of carbonyl (C=O) groups is 1. The van der Waals surface area contributed by atoms with E-state index in [1.807, 2.05) is 5.43 Å². The number of hydrogen-bond acceptors (Lipinski definition) is 4. The smallest absolute Gasteiger partial charge is 0.291 e. The van der Waals surface area contributed by atoms with Crippen LogP contribution in [0.25, 0.3) is 0 Å². The molecule has 1 aromatic heterocycles. The highest BCUT2D eigenvalue weighted by Gasteiger charge is 2.19. The summed E-state index contributed by atoms with van der Waals surface area (Å²) in [5.74, 6) is -2.55. The van der Waals surface area contributed by atoms with Gasteiger partial charge in [-0.15, -0.1) is 0 Å². The van der Waals surface area contributed by atoms with Crippen molar-refractivity contribution in [2.45, 2.75) is 0 Å². The highest BCUT2D eigenvalue weighted by molar-refractivity contribution is 6.46. The lowest BCUT2D eigenvalue weighted by molar-refractivity contribution is 0.0950. The van der Waals surface area contributed by atoms with E-state index >= 15 is 0 Å². The minimum atomic E-state index is -0.881. The van der Waals surface area contributed by atoms with Gasteiger partial charge < -0.3 is 5.73 Å². The Morgan fingerprint density at radius 1 is 1.22 bits per heavy atom. The van der Waals surface area contributed by atoms with Crippen LogP contribution in [0.5, 0.6) is 0 Å². The first-order valence-corrected chi connectivity index (χ1v) is 7.03. The molecule has 5 nitrogen and oxygen atoms in total. The maximum absolute atomic E-state index is 13.4. The zero-order chi connectivity index (χ0) is 17.1. The largest absolute Gasteiger partial charge is 0.396 e. The number of nitrogens with two attached hydrogens (primary N) is 1. The number of nitrogen functional groups attached to an aromatic ring is 1. The Morgan fingerprint density at radius 2 is 1.83 bits per heavy atom. The van der Waals surface area contributed by atoms with Crippen LogP contribution < -0.4 is 11.2 Å². The van der Waals surface area contributed by atoms with Crippen molar-refractivity contribution < 1.29 is 13.6 Å². The highest BCUT2D eigenvalue weighted by Crippen LogP contribution is 2.34. The van der Waals surface area contributed by atoms with E-state index in [2.05, 4.69) is 10.1 Å². The molecule has 3 N–H and O–H groups in total. The maximum atomic E-state index is 13.4. The fourth-order valence-electron chi connectivity index (χ4n) is 1.52. The van der Waals surface area contributed by atoms with Crippen LogP contribution in [0.3, 0.4) is 0 Å². The minimum Gasteiger partial charge on any atom is -0.396 e. The number of nitrogens with one attached hydrogen (secondary N) is 1. The van der Waals surface area contributed by atoms with E-state index in [1.165, 1.54) is 6.07 Å². The molecule has 0 unspecified atom stereocenters. The number of rotatable bonds is 3. The molecule has 0 atom stereocenters.